The van der Waals surface area contributed by atoms with Gasteiger partial charge in [-0.05, 0) is 24.3 Å². The molecule has 0 N–H and O–H groups in total. The number of para-hydroxylation sites is 1. The van der Waals surface area contributed by atoms with Gasteiger partial charge in [0.15, 0.2) is 0 Å². The number of amides is 2. The van der Waals surface area contributed by atoms with Gasteiger partial charge in [-0.1, -0.05) is 50.1 Å². The van der Waals surface area contributed by atoms with Crippen LogP contribution in [0.5, 0.6) is 0 Å². The van der Waals surface area contributed by atoms with Gasteiger partial charge in [-0.2, -0.15) is 0 Å². The molecular formula is C16H12Br2NO4-. The van der Waals surface area contributed by atoms with Crippen LogP contribution in [-0.2, 0) is 9.59 Å². The second-order valence-electron chi connectivity index (χ2n) is 6.32. The van der Waals surface area contributed by atoms with Crippen molar-refractivity contribution in [1.82, 2.24) is 0 Å². The molecule has 1 heterocycles. The number of carboxylic acids is 1. The number of carboxylic acid groups (broad SMARTS) is 1. The minimum Gasteiger partial charge on any atom is -0.545 e. The van der Waals surface area contributed by atoms with E-state index in [1.165, 1.54) is 12.1 Å². The molecule has 23 heavy (non-hydrogen) atoms. The molecule has 2 bridgehead atoms. The highest BCUT2D eigenvalue weighted by molar-refractivity contribution is 9.12. The Kier molecular flexibility index (Phi) is 3.43. The van der Waals surface area contributed by atoms with Gasteiger partial charge >= 0.3 is 0 Å². The quantitative estimate of drug-likeness (QED) is 0.512. The van der Waals surface area contributed by atoms with Crippen molar-refractivity contribution in [1.29, 1.82) is 0 Å². The van der Waals surface area contributed by atoms with E-state index in [2.05, 4.69) is 31.9 Å². The molecular weight excluding hydrogens is 430 g/mol. The van der Waals surface area contributed by atoms with Crippen LogP contribution in [0, 0.1) is 23.7 Å². The average Bonchev–Trinajstić information content (AvgIpc) is 3.12. The first-order chi connectivity index (χ1) is 10.9. The van der Waals surface area contributed by atoms with Gasteiger partial charge in [0.1, 0.15) is 0 Å². The van der Waals surface area contributed by atoms with Crippen molar-refractivity contribution in [2.24, 2.45) is 23.7 Å². The molecule has 0 unspecified atom stereocenters. The van der Waals surface area contributed by atoms with Gasteiger partial charge < -0.3 is 9.90 Å². The van der Waals surface area contributed by atoms with Crippen molar-refractivity contribution in [3.8, 4) is 0 Å². The van der Waals surface area contributed by atoms with Gasteiger partial charge in [0, 0.05) is 15.2 Å². The van der Waals surface area contributed by atoms with E-state index in [1.54, 1.807) is 12.1 Å². The zero-order valence-corrected chi connectivity index (χ0v) is 15.0. The van der Waals surface area contributed by atoms with E-state index < -0.39 is 5.97 Å². The van der Waals surface area contributed by atoms with E-state index in [4.69, 9.17) is 0 Å². The van der Waals surface area contributed by atoms with E-state index in [-0.39, 0.29) is 56.4 Å². The van der Waals surface area contributed by atoms with Gasteiger partial charge in [0.25, 0.3) is 0 Å². The highest BCUT2D eigenvalue weighted by Crippen LogP contribution is 2.60. The van der Waals surface area contributed by atoms with Gasteiger partial charge in [-0.15, -0.1) is 0 Å². The summed E-state index contributed by atoms with van der Waals surface area (Å²) in [5.41, 5.74) is -0.0131. The van der Waals surface area contributed by atoms with Crippen molar-refractivity contribution >= 4 is 55.3 Å². The molecule has 0 radical (unpaired) electrons. The number of benzene rings is 1. The number of hydrogen-bond donors (Lipinski definition) is 0. The smallest absolute Gasteiger partial charge is 0.238 e. The summed E-state index contributed by atoms with van der Waals surface area (Å²) in [7, 11) is 0. The average molecular weight is 442 g/mol. The summed E-state index contributed by atoms with van der Waals surface area (Å²) in [5.74, 6) is -2.48. The van der Waals surface area contributed by atoms with Crippen LogP contribution in [0.4, 0.5) is 5.69 Å². The lowest BCUT2D eigenvalue weighted by Gasteiger charge is -2.28. The fourth-order valence-electron chi connectivity index (χ4n) is 4.43. The lowest BCUT2D eigenvalue weighted by atomic mass is 9.81. The second-order valence-corrected chi connectivity index (χ2v) is 8.43. The Labute approximate surface area is 149 Å². The number of carbonyl (C=O) groups excluding carboxylic acids is 3. The van der Waals surface area contributed by atoms with E-state index in [0.29, 0.717) is 0 Å². The molecule has 1 aromatic rings. The zero-order valence-electron chi connectivity index (χ0n) is 11.8. The molecule has 1 aromatic carbocycles. The molecule has 4 rings (SSSR count). The molecule has 3 aliphatic rings. The Morgan fingerprint density at radius 3 is 2.09 bits per heavy atom. The maximum absolute atomic E-state index is 12.9. The lowest BCUT2D eigenvalue weighted by molar-refractivity contribution is -0.254. The summed E-state index contributed by atoms with van der Waals surface area (Å²) in [6, 6.07) is 6.01. The van der Waals surface area contributed by atoms with Crippen LogP contribution in [-0.4, -0.2) is 27.4 Å². The molecule has 0 spiro atoms. The highest BCUT2D eigenvalue weighted by atomic mass is 79.9. The zero-order chi connectivity index (χ0) is 16.5. The lowest BCUT2D eigenvalue weighted by Crippen LogP contribution is -2.37. The van der Waals surface area contributed by atoms with Crippen LogP contribution in [0.15, 0.2) is 24.3 Å². The Morgan fingerprint density at radius 1 is 1.04 bits per heavy atom. The normalized spacial score (nSPS) is 38.3. The van der Waals surface area contributed by atoms with Crippen molar-refractivity contribution in [3.05, 3.63) is 29.8 Å². The molecule has 120 valence electrons. The predicted molar refractivity (Wildman–Crippen MR) is 87.3 cm³/mol. The van der Waals surface area contributed by atoms with Crippen molar-refractivity contribution in [2.75, 3.05) is 4.90 Å². The third kappa shape index (κ3) is 1.92. The molecule has 0 aromatic heterocycles. The Morgan fingerprint density at radius 2 is 1.57 bits per heavy atom. The number of carbonyl (C=O) groups is 3. The third-order valence-corrected chi connectivity index (χ3v) is 8.56. The molecule has 2 aliphatic carbocycles. The second kappa shape index (κ2) is 5.14. The fourth-order valence-corrected chi connectivity index (χ4v) is 6.30. The number of anilines is 1. The molecule has 7 heteroatoms. The summed E-state index contributed by atoms with van der Waals surface area (Å²) in [5, 5.41) is 11.3. The fraction of sp³-hybridized carbons (Fsp3) is 0.438. The van der Waals surface area contributed by atoms with E-state index in [1.807, 2.05) is 0 Å². The molecule has 3 fully saturated rings. The van der Waals surface area contributed by atoms with Crippen LogP contribution in [0.2, 0.25) is 0 Å². The van der Waals surface area contributed by atoms with Crippen LogP contribution in [0.1, 0.15) is 16.8 Å². The Hall–Kier alpha value is -1.21. The predicted octanol–water partition coefficient (Wildman–Crippen LogP) is 1.33. The Balaban J connectivity index is 1.78. The third-order valence-electron chi connectivity index (χ3n) is 5.35. The molecule has 2 saturated carbocycles. The van der Waals surface area contributed by atoms with Crippen LogP contribution < -0.4 is 10.0 Å². The highest BCUT2D eigenvalue weighted by Gasteiger charge is 2.66. The van der Waals surface area contributed by atoms with Crippen LogP contribution >= 0.6 is 31.9 Å². The largest absolute Gasteiger partial charge is 0.545 e. The Bertz CT molecular complexity index is 705. The molecule has 1 saturated heterocycles. The number of aromatic carboxylic acids is 1. The monoisotopic (exact) mass is 440 g/mol. The van der Waals surface area contributed by atoms with Gasteiger partial charge in [-0.25, -0.2) is 4.90 Å². The number of halogens is 2. The summed E-state index contributed by atoms with van der Waals surface area (Å²) >= 11 is 7.25. The topological polar surface area (TPSA) is 77.5 Å². The van der Waals surface area contributed by atoms with E-state index in [9.17, 15) is 19.5 Å². The van der Waals surface area contributed by atoms with Crippen molar-refractivity contribution < 1.29 is 19.5 Å². The molecule has 1 aliphatic heterocycles. The maximum atomic E-state index is 12.9. The standard InChI is InChI=1S/C16H13Br2NO4/c17-12-7-5-8(13(12)18)11-10(7)14(20)19(15(11)21)9-4-2-1-3-6(9)16(22)23/h1-4,7-8,10-13H,5H2,(H,22,23)/p-1/t7-,8+,10-,11+,12-,13+. The number of hydrogen-bond acceptors (Lipinski definition) is 4. The van der Waals surface area contributed by atoms with Crippen molar-refractivity contribution in [3.63, 3.8) is 0 Å². The summed E-state index contributed by atoms with van der Waals surface area (Å²) < 4.78 is 0. The summed E-state index contributed by atoms with van der Waals surface area (Å²) in [6.45, 7) is 0. The number of imide groups is 1. The minimum atomic E-state index is -1.39. The first-order valence-corrected chi connectivity index (χ1v) is 9.23. The first-order valence-electron chi connectivity index (χ1n) is 7.39. The molecule has 5 nitrogen and oxygen atoms in total. The minimum absolute atomic E-state index is 0.103. The summed E-state index contributed by atoms with van der Waals surface area (Å²) in [6.07, 6.45) is 0.842. The SMILES string of the molecule is O=C([O-])c1ccccc1N1C(=O)[C@@H]2[C@H]3C[C@H]([C@H](Br)[C@@H]3Br)[C@@H]2C1=O. The maximum Gasteiger partial charge on any atom is 0.238 e. The molecule has 6 atom stereocenters. The first kappa shape index (κ1) is 15.3. The summed E-state index contributed by atoms with van der Waals surface area (Å²) in [4.78, 5) is 38.4. The number of alkyl halides is 2. The van der Waals surface area contributed by atoms with E-state index >= 15 is 0 Å². The number of rotatable bonds is 2. The van der Waals surface area contributed by atoms with Gasteiger partial charge in [0.05, 0.1) is 23.5 Å². The van der Waals surface area contributed by atoms with Crippen LogP contribution in [0.3, 0.4) is 0 Å². The molecule has 2 amide bonds. The number of nitrogens with zero attached hydrogens (tertiary/aromatic N) is 1. The van der Waals surface area contributed by atoms with Gasteiger partial charge in [-0.3, -0.25) is 9.59 Å². The van der Waals surface area contributed by atoms with Gasteiger partial charge in [0.2, 0.25) is 11.8 Å². The van der Waals surface area contributed by atoms with Crippen LogP contribution in [0.25, 0.3) is 0 Å². The van der Waals surface area contributed by atoms with Crippen molar-refractivity contribution in [2.45, 2.75) is 16.1 Å². The van der Waals surface area contributed by atoms with E-state index in [0.717, 1.165) is 11.3 Å². The number of fused-ring (bicyclic) bond motifs is 5.